The Hall–Kier alpha value is -3.15. The van der Waals surface area contributed by atoms with E-state index in [9.17, 15) is 19.6 Å². The molecule has 1 saturated heterocycles. The molecule has 2 aliphatic rings. The summed E-state index contributed by atoms with van der Waals surface area (Å²) in [4.78, 5) is 14.2. The van der Waals surface area contributed by atoms with Gasteiger partial charge < -0.3 is 10.0 Å². The molecule has 0 aromatic heterocycles. The van der Waals surface area contributed by atoms with Gasteiger partial charge in [-0.1, -0.05) is 42.5 Å². The summed E-state index contributed by atoms with van der Waals surface area (Å²) in [7, 11) is 0. The molecule has 1 aliphatic carbocycles. The fourth-order valence-electron chi connectivity index (χ4n) is 4.07. The number of aliphatic hydroxyl groups excluding tert-OH is 1. The molecule has 1 heterocycles. The number of hydrogen-bond donors (Lipinski definition) is 1. The SMILES string of the molecule is N#C[C@@H]1[C@@H](c2ccc(C#Cc3ccccc3F)cc2)[C@@H](CO)N1C(=O)C1CCC1. The first-order chi connectivity index (χ1) is 14.1. The number of rotatable bonds is 3. The maximum Gasteiger partial charge on any atom is 0.227 e. The van der Waals surface area contributed by atoms with E-state index in [4.69, 9.17) is 0 Å². The predicted molar refractivity (Wildman–Crippen MR) is 106 cm³/mol. The van der Waals surface area contributed by atoms with E-state index in [0.717, 1.165) is 30.4 Å². The Labute approximate surface area is 169 Å². The molecule has 5 heteroatoms. The number of amides is 1. The predicted octanol–water partition coefficient (Wildman–Crippen LogP) is 3.20. The molecule has 29 heavy (non-hydrogen) atoms. The van der Waals surface area contributed by atoms with E-state index in [0.29, 0.717) is 5.56 Å². The van der Waals surface area contributed by atoms with Crippen LogP contribution in [0.2, 0.25) is 0 Å². The van der Waals surface area contributed by atoms with E-state index < -0.39 is 6.04 Å². The summed E-state index contributed by atoms with van der Waals surface area (Å²) in [5.74, 6) is 5.18. The third-order valence-electron chi connectivity index (χ3n) is 5.95. The van der Waals surface area contributed by atoms with Gasteiger partial charge in [0.15, 0.2) is 0 Å². The van der Waals surface area contributed by atoms with Crippen molar-refractivity contribution in [2.24, 2.45) is 5.92 Å². The highest BCUT2D eigenvalue weighted by Crippen LogP contribution is 2.43. The lowest BCUT2D eigenvalue weighted by Gasteiger charge is -2.53. The van der Waals surface area contributed by atoms with Gasteiger partial charge in [0.25, 0.3) is 0 Å². The minimum atomic E-state index is -0.560. The number of carbonyl (C=O) groups excluding carboxylic acids is 1. The largest absolute Gasteiger partial charge is 0.394 e. The minimum Gasteiger partial charge on any atom is -0.394 e. The summed E-state index contributed by atoms with van der Waals surface area (Å²) >= 11 is 0. The second kappa shape index (κ2) is 8.07. The fraction of sp³-hybridized carbons (Fsp3) is 0.333. The van der Waals surface area contributed by atoms with Crippen LogP contribution in [0.15, 0.2) is 48.5 Å². The summed E-state index contributed by atoms with van der Waals surface area (Å²) < 4.78 is 13.7. The Bertz CT molecular complexity index is 1010. The van der Waals surface area contributed by atoms with E-state index in [1.807, 2.05) is 24.3 Å². The molecule has 0 unspecified atom stereocenters. The third kappa shape index (κ3) is 3.50. The van der Waals surface area contributed by atoms with E-state index in [2.05, 4.69) is 17.9 Å². The van der Waals surface area contributed by atoms with Crippen molar-refractivity contribution >= 4 is 5.91 Å². The second-order valence-corrected chi connectivity index (χ2v) is 7.57. The van der Waals surface area contributed by atoms with Crippen LogP contribution in [-0.2, 0) is 4.79 Å². The van der Waals surface area contributed by atoms with Crippen molar-refractivity contribution in [3.63, 3.8) is 0 Å². The molecule has 1 saturated carbocycles. The first-order valence-corrected chi connectivity index (χ1v) is 9.83. The van der Waals surface area contributed by atoms with Crippen molar-refractivity contribution in [2.75, 3.05) is 6.61 Å². The zero-order valence-corrected chi connectivity index (χ0v) is 15.9. The van der Waals surface area contributed by atoms with Crippen LogP contribution in [0.4, 0.5) is 4.39 Å². The van der Waals surface area contributed by atoms with Gasteiger partial charge in [-0.25, -0.2) is 4.39 Å². The molecule has 146 valence electrons. The average Bonchev–Trinajstić information content (AvgIpc) is 2.67. The average molecular weight is 388 g/mol. The van der Waals surface area contributed by atoms with Gasteiger partial charge in [0.2, 0.25) is 5.91 Å². The molecule has 1 N–H and O–H groups in total. The Kier molecular flexibility index (Phi) is 5.34. The number of nitriles is 1. The summed E-state index contributed by atoms with van der Waals surface area (Å²) in [5, 5.41) is 19.5. The molecule has 0 radical (unpaired) electrons. The number of likely N-dealkylation sites (tertiary alicyclic amines) is 1. The molecule has 1 amide bonds. The molecule has 0 spiro atoms. The summed E-state index contributed by atoms with van der Waals surface area (Å²) in [6, 6.07) is 15.0. The first-order valence-electron chi connectivity index (χ1n) is 9.83. The van der Waals surface area contributed by atoms with Crippen LogP contribution in [-0.4, -0.2) is 34.6 Å². The number of aliphatic hydroxyl groups is 1. The van der Waals surface area contributed by atoms with Gasteiger partial charge in [0, 0.05) is 17.4 Å². The van der Waals surface area contributed by atoms with Crippen LogP contribution in [0.1, 0.15) is 41.9 Å². The Balaban J connectivity index is 1.52. The van der Waals surface area contributed by atoms with Crippen molar-refractivity contribution in [1.29, 1.82) is 5.26 Å². The Morgan fingerprint density at radius 3 is 2.45 bits per heavy atom. The van der Waals surface area contributed by atoms with Crippen molar-refractivity contribution in [3.05, 3.63) is 71.0 Å². The quantitative estimate of drug-likeness (QED) is 0.822. The molecule has 3 atom stereocenters. The van der Waals surface area contributed by atoms with Gasteiger partial charge in [0.1, 0.15) is 11.9 Å². The zero-order valence-electron chi connectivity index (χ0n) is 15.9. The monoisotopic (exact) mass is 388 g/mol. The van der Waals surface area contributed by atoms with Crippen LogP contribution in [0.3, 0.4) is 0 Å². The highest BCUT2D eigenvalue weighted by Gasteiger charge is 2.53. The number of halogens is 1. The fourth-order valence-corrected chi connectivity index (χ4v) is 4.07. The normalized spacial score (nSPS) is 23.2. The maximum absolute atomic E-state index is 13.7. The van der Waals surface area contributed by atoms with Gasteiger partial charge in [0.05, 0.1) is 24.3 Å². The highest BCUT2D eigenvalue weighted by molar-refractivity contribution is 5.82. The Morgan fingerprint density at radius 1 is 1.14 bits per heavy atom. The van der Waals surface area contributed by atoms with Crippen LogP contribution in [0.25, 0.3) is 0 Å². The lowest BCUT2D eigenvalue weighted by molar-refractivity contribution is -0.154. The second-order valence-electron chi connectivity index (χ2n) is 7.57. The zero-order chi connectivity index (χ0) is 20.4. The maximum atomic E-state index is 13.7. The smallest absolute Gasteiger partial charge is 0.227 e. The summed E-state index contributed by atoms with van der Waals surface area (Å²) in [6.07, 6.45) is 2.78. The van der Waals surface area contributed by atoms with Crippen LogP contribution >= 0.6 is 0 Å². The van der Waals surface area contributed by atoms with Crippen LogP contribution < -0.4 is 0 Å². The molecular weight excluding hydrogens is 367 g/mol. The number of benzene rings is 2. The highest BCUT2D eigenvalue weighted by atomic mass is 19.1. The van der Waals surface area contributed by atoms with Crippen LogP contribution in [0, 0.1) is 34.9 Å². The Morgan fingerprint density at radius 2 is 1.86 bits per heavy atom. The topological polar surface area (TPSA) is 64.3 Å². The number of hydrogen-bond acceptors (Lipinski definition) is 3. The van der Waals surface area contributed by atoms with Gasteiger partial charge in [-0.3, -0.25) is 4.79 Å². The summed E-state index contributed by atoms with van der Waals surface area (Å²) in [5.41, 5.74) is 1.96. The third-order valence-corrected chi connectivity index (χ3v) is 5.95. The van der Waals surface area contributed by atoms with Crippen molar-refractivity contribution in [2.45, 2.75) is 37.3 Å². The van der Waals surface area contributed by atoms with Crippen molar-refractivity contribution in [3.8, 4) is 17.9 Å². The number of nitrogens with zero attached hydrogens (tertiary/aromatic N) is 2. The van der Waals surface area contributed by atoms with Gasteiger partial charge in [-0.2, -0.15) is 5.26 Å². The van der Waals surface area contributed by atoms with Crippen molar-refractivity contribution in [1.82, 2.24) is 4.90 Å². The molecule has 2 aromatic rings. The van der Waals surface area contributed by atoms with Gasteiger partial charge in [-0.15, -0.1) is 0 Å². The van der Waals surface area contributed by atoms with Crippen molar-refractivity contribution < 1.29 is 14.3 Å². The molecule has 2 aromatic carbocycles. The van der Waals surface area contributed by atoms with Gasteiger partial charge >= 0.3 is 0 Å². The van der Waals surface area contributed by atoms with Crippen LogP contribution in [0.5, 0.6) is 0 Å². The molecular formula is C24H21FN2O2. The number of carbonyl (C=O) groups is 1. The molecule has 2 fully saturated rings. The lowest BCUT2D eigenvalue weighted by Crippen LogP contribution is -2.66. The standard InChI is InChI=1S/C24H21FN2O2/c25-20-7-2-1-4-17(20)11-8-16-9-12-18(13-10-16)23-21(14-26)27(22(23)15-28)24(29)19-5-3-6-19/h1-2,4,7,9-10,12-13,19,21-23,28H,3,5-6,15H2/t21-,22-,23-/m1/s1. The first kappa shape index (κ1) is 19.2. The molecule has 4 rings (SSSR count). The molecule has 4 nitrogen and oxygen atoms in total. The van der Waals surface area contributed by atoms with E-state index in [1.165, 1.54) is 6.07 Å². The molecule has 1 aliphatic heterocycles. The van der Waals surface area contributed by atoms with E-state index in [-0.39, 0.29) is 36.2 Å². The minimum absolute atomic E-state index is 0.00289. The van der Waals surface area contributed by atoms with E-state index >= 15 is 0 Å². The van der Waals surface area contributed by atoms with Gasteiger partial charge in [-0.05, 0) is 42.7 Å². The van der Waals surface area contributed by atoms with E-state index in [1.54, 1.807) is 23.1 Å². The lowest BCUT2D eigenvalue weighted by atomic mass is 9.73. The summed E-state index contributed by atoms with van der Waals surface area (Å²) in [6.45, 7) is -0.170. The molecule has 0 bridgehead atoms.